The first kappa shape index (κ1) is 26.4. The molecule has 182 valence electrons. The molecule has 0 aromatic heterocycles. The number of benzene rings is 1. The normalized spacial score (nSPS) is 24.8. The largest absolute Gasteiger partial charge is 0.326 e. The van der Waals surface area contributed by atoms with E-state index in [9.17, 15) is 14.4 Å². The van der Waals surface area contributed by atoms with Gasteiger partial charge in [0.1, 0.15) is 0 Å². The summed E-state index contributed by atoms with van der Waals surface area (Å²) in [6.45, 7) is 2.23. The molecule has 0 bridgehead atoms. The molecule has 0 radical (unpaired) electrons. The molecule has 0 spiro atoms. The van der Waals surface area contributed by atoms with Crippen molar-refractivity contribution < 1.29 is 14.4 Å². The van der Waals surface area contributed by atoms with Crippen LogP contribution in [0.15, 0.2) is 24.3 Å². The molecule has 1 N–H and O–H groups in total. The van der Waals surface area contributed by atoms with Crippen molar-refractivity contribution in [2.75, 3.05) is 10.2 Å². The molecule has 3 rings (SSSR count). The molecule has 1 aliphatic heterocycles. The van der Waals surface area contributed by atoms with E-state index in [0.29, 0.717) is 30.6 Å². The Balaban J connectivity index is 1.46. The van der Waals surface area contributed by atoms with Crippen molar-refractivity contribution in [3.05, 3.63) is 24.3 Å². The lowest BCUT2D eigenvalue weighted by Crippen LogP contribution is -2.34. The Morgan fingerprint density at radius 1 is 0.909 bits per heavy atom. The molecule has 7 heteroatoms. The van der Waals surface area contributed by atoms with Gasteiger partial charge in [-0.3, -0.25) is 14.4 Å². The number of hydrogen-bond donors (Lipinski definition) is 1. The highest BCUT2D eigenvalue weighted by molar-refractivity contribution is 9.12. The van der Waals surface area contributed by atoms with Crippen molar-refractivity contribution in [2.45, 2.75) is 93.6 Å². The van der Waals surface area contributed by atoms with Gasteiger partial charge in [0.15, 0.2) is 0 Å². The second kappa shape index (κ2) is 13.0. The van der Waals surface area contributed by atoms with E-state index in [-0.39, 0.29) is 39.2 Å². The molecule has 1 saturated heterocycles. The van der Waals surface area contributed by atoms with Crippen molar-refractivity contribution in [3.63, 3.8) is 0 Å². The number of hydrogen-bond acceptors (Lipinski definition) is 3. The van der Waals surface area contributed by atoms with E-state index in [1.807, 2.05) is 0 Å². The lowest BCUT2D eigenvalue weighted by molar-refractivity contribution is -0.122. The molecule has 5 nitrogen and oxygen atoms in total. The van der Waals surface area contributed by atoms with Gasteiger partial charge in [-0.15, -0.1) is 0 Å². The fourth-order valence-electron chi connectivity index (χ4n) is 4.89. The van der Waals surface area contributed by atoms with E-state index >= 15 is 0 Å². The molecule has 3 amide bonds. The lowest BCUT2D eigenvalue weighted by Gasteiger charge is -2.29. The Labute approximate surface area is 214 Å². The first-order valence-corrected chi connectivity index (χ1v) is 14.3. The number of fused-ring (bicyclic) bond motifs is 1. The molecule has 2 fully saturated rings. The number of carbonyl (C=O) groups excluding carboxylic acids is 3. The molecule has 4 atom stereocenters. The summed E-state index contributed by atoms with van der Waals surface area (Å²) >= 11 is 7.25. The van der Waals surface area contributed by atoms with E-state index in [4.69, 9.17) is 0 Å². The fourth-order valence-corrected chi connectivity index (χ4v) is 6.13. The van der Waals surface area contributed by atoms with E-state index in [2.05, 4.69) is 44.1 Å². The van der Waals surface area contributed by atoms with Crippen molar-refractivity contribution in [2.24, 2.45) is 11.8 Å². The van der Waals surface area contributed by atoms with Crippen LogP contribution in [0, 0.1) is 11.8 Å². The molecule has 2 aliphatic rings. The van der Waals surface area contributed by atoms with Crippen LogP contribution in [-0.2, 0) is 14.4 Å². The van der Waals surface area contributed by atoms with Crippen molar-refractivity contribution in [1.29, 1.82) is 0 Å². The summed E-state index contributed by atoms with van der Waals surface area (Å²) in [6.07, 6.45) is 12.7. The van der Waals surface area contributed by atoms with Gasteiger partial charge < -0.3 is 5.32 Å². The van der Waals surface area contributed by atoms with Crippen LogP contribution in [-0.4, -0.2) is 27.4 Å². The smallest absolute Gasteiger partial charge is 0.237 e. The zero-order chi connectivity index (χ0) is 23.8. The average molecular weight is 584 g/mol. The minimum Gasteiger partial charge on any atom is -0.326 e. The van der Waals surface area contributed by atoms with Crippen molar-refractivity contribution >= 4 is 61.0 Å². The third-order valence-electron chi connectivity index (χ3n) is 6.81. The Bertz CT molecular complexity index is 804. The van der Waals surface area contributed by atoms with Crippen molar-refractivity contribution in [3.8, 4) is 0 Å². The average Bonchev–Trinajstić information content (AvgIpc) is 3.02. The summed E-state index contributed by atoms with van der Waals surface area (Å²) in [5.74, 6) is -0.840. The van der Waals surface area contributed by atoms with E-state index in [1.54, 1.807) is 24.3 Å². The van der Waals surface area contributed by atoms with Crippen LogP contribution in [0.5, 0.6) is 0 Å². The fraction of sp³-hybridized carbons (Fsp3) is 0.654. The summed E-state index contributed by atoms with van der Waals surface area (Å²) < 4.78 is 0. The van der Waals surface area contributed by atoms with Crippen LogP contribution in [0.2, 0.25) is 0 Å². The predicted octanol–water partition coefficient (Wildman–Crippen LogP) is 6.97. The second-order valence-corrected chi connectivity index (χ2v) is 11.8. The molecular formula is C26H36Br2N2O3. The third-order valence-corrected chi connectivity index (χ3v) is 9.54. The zero-order valence-corrected chi connectivity index (χ0v) is 22.7. The number of imide groups is 1. The topological polar surface area (TPSA) is 66.5 Å². The molecule has 1 aromatic rings. The maximum atomic E-state index is 13.0. The van der Waals surface area contributed by atoms with Gasteiger partial charge >= 0.3 is 0 Å². The number of carbonyl (C=O) groups is 3. The number of alkyl halides is 2. The summed E-state index contributed by atoms with van der Waals surface area (Å²) in [6, 6.07) is 7.09. The minimum absolute atomic E-state index is 0.0212. The van der Waals surface area contributed by atoms with Gasteiger partial charge in [0.2, 0.25) is 17.7 Å². The number of rotatable bonds is 12. The number of amides is 3. The van der Waals surface area contributed by atoms with Gasteiger partial charge in [-0.05, 0) is 37.5 Å². The molecule has 1 saturated carbocycles. The number of nitrogens with one attached hydrogen (secondary N) is 1. The number of unbranched alkanes of at least 4 members (excludes halogenated alkanes) is 8. The highest BCUT2D eigenvalue weighted by Crippen LogP contribution is 2.44. The maximum Gasteiger partial charge on any atom is 0.237 e. The molecule has 0 unspecified atom stereocenters. The monoisotopic (exact) mass is 582 g/mol. The zero-order valence-electron chi connectivity index (χ0n) is 19.5. The minimum atomic E-state index is -0.277. The Hall–Kier alpha value is -1.21. The highest BCUT2D eigenvalue weighted by Gasteiger charge is 2.52. The van der Waals surface area contributed by atoms with Gasteiger partial charge in [-0.1, -0.05) is 96.2 Å². The first-order chi connectivity index (χ1) is 15.9. The first-order valence-electron chi connectivity index (χ1n) is 12.5. The second-order valence-electron chi connectivity index (χ2n) is 9.41. The van der Waals surface area contributed by atoms with Crippen LogP contribution in [0.4, 0.5) is 11.4 Å². The van der Waals surface area contributed by atoms with Crippen LogP contribution >= 0.6 is 31.9 Å². The van der Waals surface area contributed by atoms with E-state index in [1.165, 1.54) is 49.8 Å². The quantitative estimate of drug-likeness (QED) is 0.164. The highest BCUT2D eigenvalue weighted by atomic mass is 79.9. The third kappa shape index (κ3) is 7.14. The molecular weight excluding hydrogens is 548 g/mol. The Kier molecular flexibility index (Phi) is 10.4. The molecule has 1 aliphatic carbocycles. The Morgan fingerprint density at radius 2 is 1.45 bits per heavy atom. The predicted molar refractivity (Wildman–Crippen MR) is 141 cm³/mol. The lowest BCUT2D eigenvalue weighted by atomic mass is 9.81. The molecule has 33 heavy (non-hydrogen) atoms. The van der Waals surface area contributed by atoms with Crippen LogP contribution in [0.1, 0.15) is 84.0 Å². The van der Waals surface area contributed by atoms with E-state index in [0.717, 1.165) is 12.8 Å². The van der Waals surface area contributed by atoms with Crippen LogP contribution in [0.3, 0.4) is 0 Å². The Morgan fingerprint density at radius 3 is 2.03 bits per heavy atom. The molecule has 1 heterocycles. The standard InChI is InChI=1S/C26H36Br2N2O3/c1-2-3-4-5-6-7-8-9-10-14-24(31)29-18-12-11-13-19(15-18)30-25(32)20-16-22(27)23(28)17-21(20)26(30)33/h11-13,15,20-23H,2-10,14,16-17H2,1H3,(H,29,31)/t20-,21+,22-,23-/m0/s1. The summed E-state index contributed by atoms with van der Waals surface area (Å²) in [4.78, 5) is 40.1. The molecule has 1 aromatic carbocycles. The maximum absolute atomic E-state index is 13.0. The summed E-state index contributed by atoms with van der Waals surface area (Å²) in [7, 11) is 0. The summed E-state index contributed by atoms with van der Waals surface area (Å²) in [5, 5.41) is 2.93. The van der Waals surface area contributed by atoms with Gasteiger partial charge in [-0.2, -0.15) is 0 Å². The number of anilines is 2. The van der Waals surface area contributed by atoms with E-state index < -0.39 is 0 Å². The SMILES string of the molecule is CCCCCCCCCCCC(=O)Nc1cccc(N2C(=O)[C@H]3C[C@H](Br)[C@@H](Br)C[C@H]3C2=O)c1. The number of nitrogens with zero attached hydrogens (tertiary/aromatic N) is 1. The van der Waals surface area contributed by atoms with Crippen molar-refractivity contribution in [1.82, 2.24) is 0 Å². The summed E-state index contributed by atoms with van der Waals surface area (Å²) in [5.41, 5.74) is 1.16. The van der Waals surface area contributed by atoms with Crippen LogP contribution < -0.4 is 10.2 Å². The van der Waals surface area contributed by atoms with Gasteiger partial charge in [0.25, 0.3) is 0 Å². The van der Waals surface area contributed by atoms with Gasteiger partial charge in [0.05, 0.1) is 17.5 Å². The number of halogens is 2. The van der Waals surface area contributed by atoms with Gasteiger partial charge in [-0.25, -0.2) is 4.90 Å². The van der Waals surface area contributed by atoms with Crippen LogP contribution in [0.25, 0.3) is 0 Å². The van der Waals surface area contributed by atoms with Gasteiger partial charge in [0, 0.05) is 21.8 Å².